The van der Waals surface area contributed by atoms with Crippen molar-refractivity contribution in [2.75, 3.05) is 0 Å². The van der Waals surface area contributed by atoms with Gasteiger partial charge >= 0.3 is 0 Å². The van der Waals surface area contributed by atoms with Crippen molar-refractivity contribution < 1.29 is 4.39 Å². The molecule has 2 aromatic rings. The molecule has 1 aromatic heterocycles. The number of nitrogens with zero attached hydrogens (tertiary/aromatic N) is 2. The summed E-state index contributed by atoms with van der Waals surface area (Å²) >= 11 is 0. The first kappa shape index (κ1) is 14.4. The number of hydrogen-bond donors (Lipinski definition) is 1. The fourth-order valence-electron chi connectivity index (χ4n) is 1.82. The molecule has 1 atom stereocenters. The normalized spacial score (nSPS) is 13.4. The lowest BCUT2D eigenvalue weighted by atomic mass is 9.90. The van der Waals surface area contributed by atoms with Crippen LogP contribution in [0.25, 0.3) is 0 Å². The maximum atomic E-state index is 13.2. The Morgan fingerprint density at radius 2 is 2.00 bits per heavy atom. The van der Waals surface area contributed by atoms with Gasteiger partial charge < -0.3 is 10.3 Å². The van der Waals surface area contributed by atoms with Gasteiger partial charge in [-0.2, -0.15) is 0 Å². The van der Waals surface area contributed by atoms with Gasteiger partial charge in [0, 0.05) is 7.05 Å². The van der Waals surface area contributed by atoms with Crippen LogP contribution >= 0.6 is 0 Å². The van der Waals surface area contributed by atoms with Crippen LogP contribution in [0.3, 0.4) is 0 Å². The fourth-order valence-corrected chi connectivity index (χ4v) is 1.82. The summed E-state index contributed by atoms with van der Waals surface area (Å²) in [6, 6.07) is 6.33. The SMILES string of the molecule is CC.Cn1cncc1C(C)(N)c1cccc(F)c1. The van der Waals surface area contributed by atoms with Crippen LogP contribution < -0.4 is 5.73 Å². The maximum absolute atomic E-state index is 13.2. The molecule has 1 aromatic carbocycles. The molecule has 2 rings (SSSR count). The second-order valence-corrected chi connectivity index (χ2v) is 4.10. The number of halogens is 1. The van der Waals surface area contributed by atoms with Crippen molar-refractivity contribution in [1.29, 1.82) is 0 Å². The summed E-state index contributed by atoms with van der Waals surface area (Å²) in [6.07, 6.45) is 3.38. The Balaban J connectivity index is 0.000000771. The Bertz CT molecular complexity index is 503. The molecule has 18 heavy (non-hydrogen) atoms. The number of aromatic nitrogens is 2. The zero-order valence-electron chi connectivity index (χ0n) is 11.3. The first-order valence-corrected chi connectivity index (χ1v) is 6.03. The topological polar surface area (TPSA) is 43.8 Å². The van der Waals surface area contributed by atoms with Gasteiger partial charge in [-0.05, 0) is 24.6 Å². The van der Waals surface area contributed by atoms with Gasteiger partial charge in [-0.15, -0.1) is 0 Å². The largest absolute Gasteiger partial charge is 0.336 e. The minimum Gasteiger partial charge on any atom is -0.336 e. The molecular formula is C14H20FN3. The lowest BCUT2D eigenvalue weighted by Gasteiger charge is -2.25. The molecule has 0 spiro atoms. The molecule has 0 fully saturated rings. The van der Waals surface area contributed by atoms with Crippen LogP contribution in [0.5, 0.6) is 0 Å². The molecule has 0 bridgehead atoms. The Morgan fingerprint density at radius 3 is 2.50 bits per heavy atom. The highest BCUT2D eigenvalue weighted by atomic mass is 19.1. The van der Waals surface area contributed by atoms with Gasteiger partial charge in [0.05, 0.1) is 23.8 Å². The Kier molecular flexibility index (Phi) is 4.62. The van der Waals surface area contributed by atoms with Gasteiger partial charge in [0.2, 0.25) is 0 Å². The van der Waals surface area contributed by atoms with E-state index in [-0.39, 0.29) is 5.82 Å². The molecule has 0 aliphatic rings. The number of nitrogens with two attached hydrogens (primary N) is 1. The van der Waals surface area contributed by atoms with E-state index in [1.807, 2.05) is 38.5 Å². The van der Waals surface area contributed by atoms with Gasteiger partial charge in [0.15, 0.2) is 0 Å². The molecule has 0 saturated carbocycles. The standard InChI is InChI=1S/C12H14FN3.C2H6/c1-12(14,11-7-15-8-16(11)2)9-4-3-5-10(13)6-9;1-2/h3-8H,14H2,1-2H3;1-2H3. The molecule has 1 heterocycles. The predicted octanol–water partition coefficient (Wildman–Crippen LogP) is 2.81. The van der Waals surface area contributed by atoms with E-state index < -0.39 is 5.54 Å². The van der Waals surface area contributed by atoms with Crippen molar-refractivity contribution in [3.8, 4) is 0 Å². The molecular weight excluding hydrogens is 229 g/mol. The number of imidazole rings is 1. The highest BCUT2D eigenvalue weighted by Gasteiger charge is 2.26. The lowest BCUT2D eigenvalue weighted by molar-refractivity contribution is 0.545. The summed E-state index contributed by atoms with van der Waals surface area (Å²) in [7, 11) is 1.87. The van der Waals surface area contributed by atoms with Crippen LogP contribution in [0.2, 0.25) is 0 Å². The van der Waals surface area contributed by atoms with E-state index in [1.165, 1.54) is 12.1 Å². The maximum Gasteiger partial charge on any atom is 0.123 e. The van der Waals surface area contributed by atoms with Crippen molar-refractivity contribution >= 4 is 0 Å². The third kappa shape index (κ3) is 2.76. The van der Waals surface area contributed by atoms with E-state index >= 15 is 0 Å². The van der Waals surface area contributed by atoms with Crippen molar-refractivity contribution in [1.82, 2.24) is 9.55 Å². The zero-order chi connectivity index (χ0) is 13.8. The van der Waals surface area contributed by atoms with Crippen LogP contribution in [-0.4, -0.2) is 9.55 Å². The van der Waals surface area contributed by atoms with E-state index in [1.54, 1.807) is 18.6 Å². The van der Waals surface area contributed by atoms with E-state index in [0.717, 1.165) is 11.3 Å². The van der Waals surface area contributed by atoms with E-state index in [9.17, 15) is 4.39 Å². The van der Waals surface area contributed by atoms with Gasteiger partial charge in [0.1, 0.15) is 5.82 Å². The average molecular weight is 249 g/mol. The average Bonchev–Trinajstić information content (AvgIpc) is 2.79. The number of benzene rings is 1. The minimum atomic E-state index is -0.743. The summed E-state index contributed by atoms with van der Waals surface area (Å²) in [5, 5.41) is 0. The van der Waals surface area contributed by atoms with E-state index in [4.69, 9.17) is 5.73 Å². The second kappa shape index (κ2) is 5.78. The monoisotopic (exact) mass is 249 g/mol. The third-order valence-electron chi connectivity index (χ3n) is 2.77. The number of aryl methyl sites for hydroxylation is 1. The van der Waals surface area contributed by atoms with E-state index in [2.05, 4.69) is 4.98 Å². The Morgan fingerprint density at radius 1 is 1.33 bits per heavy atom. The van der Waals surface area contributed by atoms with Gasteiger partial charge in [0.25, 0.3) is 0 Å². The lowest BCUT2D eigenvalue weighted by Crippen LogP contribution is -2.36. The molecule has 0 radical (unpaired) electrons. The third-order valence-corrected chi connectivity index (χ3v) is 2.77. The van der Waals surface area contributed by atoms with Gasteiger partial charge in [-0.1, -0.05) is 26.0 Å². The first-order chi connectivity index (χ1) is 8.51. The quantitative estimate of drug-likeness (QED) is 0.889. The van der Waals surface area contributed by atoms with Crippen LogP contribution in [0.1, 0.15) is 32.0 Å². The molecule has 0 saturated heterocycles. The molecule has 2 N–H and O–H groups in total. The van der Waals surface area contributed by atoms with Crippen LogP contribution in [-0.2, 0) is 12.6 Å². The van der Waals surface area contributed by atoms with Crippen molar-refractivity contribution in [3.05, 3.63) is 53.9 Å². The molecule has 3 nitrogen and oxygen atoms in total. The fraction of sp³-hybridized carbons (Fsp3) is 0.357. The molecule has 0 aliphatic heterocycles. The Hall–Kier alpha value is -1.68. The van der Waals surface area contributed by atoms with Crippen molar-refractivity contribution in [3.63, 3.8) is 0 Å². The van der Waals surface area contributed by atoms with Gasteiger partial charge in [-0.3, -0.25) is 0 Å². The molecule has 0 aliphatic carbocycles. The Labute approximate surface area is 107 Å². The van der Waals surface area contributed by atoms with Crippen LogP contribution in [0, 0.1) is 5.82 Å². The highest BCUT2D eigenvalue weighted by Crippen LogP contribution is 2.26. The van der Waals surface area contributed by atoms with Crippen molar-refractivity contribution in [2.24, 2.45) is 12.8 Å². The minimum absolute atomic E-state index is 0.281. The summed E-state index contributed by atoms with van der Waals surface area (Å²) in [5.41, 5.74) is 7.08. The molecule has 4 heteroatoms. The molecule has 1 unspecified atom stereocenters. The highest BCUT2D eigenvalue weighted by molar-refractivity contribution is 5.32. The van der Waals surface area contributed by atoms with Crippen molar-refractivity contribution in [2.45, 2.75) is 26.3 Å². The first-order valence-electron chi connectivity index (χ1n) is 6.03. The zero-order valence-corrected chi connectivity index (χ0v) is 11.3. The summed E-state index contributed by atoms with van der Waals surface area (Å²) < 4.78 is 15.0. The van der Waals surface area contributed by atoms with Gasteiger partial charge in [-0.25, -0.2) is 9.37 Å². The summed E-state index contributed by atoms with van der Waals surface area (Å²) in [5.74, 6) is -0.281. The predicted molar refractivity (Wildman–Crippen MR) is 71.6 cm³/mol. The second-order valence-electron chi connectivity index (χ2n) is 4.10. The van der Waals surface area contributed by atoms with Crippen LogP contribution in [0.4, 0.5) is 4.39 Å². The number of rotatable bonds is 2. The summed E-state index contributed by atoms with van der Waals surface area (Å²) in [4.78, 5) is 4.03. The smallest absolute Gasteiger partial charge is 0.123 e. The summed E-state index contributed by atoms with van der Waals surface area (Å²) in [6.45, 7) is 5.85. The molecule has 98 valence electrons. The van der Waals surface area contributed by atoms with E-state index in [0.29, 0.717) is 0 Å². The number of hydrogen-bond acceptors (Lipinski definition) is 2. The molecule has 0 amide bonds. The van der Waals surface area contributed by atoms with Crippen LogP contribution in [0.15, 0.2) is 36.8 Å².